The van der Waals surface area contributed by atoms with E-state index in [1.807, 2.05) is 5.32 Å². The smallest absolute Gasteiger partial charge is 0.314 e. The molecule has 0 aromatic heterocycles. The van der Waals surface area contributed by atoms with Crippen LogP contribution in [0.5, 0.6) is 11.5 Å². The molecule has 2 amide bonds. The molecule has 0 unspecified atom stereocenters. The first-order valence-electron chi connectivity index (χ1n) is 6.95. The Morgan fingerprint density at radius 2 is 1.46 bits per heavy atom. The van der Waals surface area contributed by atoms with E-state index in [0.29, 0.717) is 6.07 Å². The van der Waals surface area contributed by atoms with Crippen LogP contribution in [0, 0.1) is 17.5 Å². The Bertz CT molecular complexity index is 877. The van der Waals surface area contributed by atoms with Crippen LogP contribution >= 0.6 is 11.6 Å². The van der Waals surface area contributed by atoms with Gasteiger partial charge in [-0.2, -0.15) is 0 Å². The van der Waals surface area contributed by atoms with E-state index < -0.39 is 35.0 Å². The molecular weight excluding hydrogens is 377 g/mol. The van der Waals surface area contributed by atoms with Crippen LogP contribution in [0.25, 0.3) is 0 Å². The normalized spacial score (nSPS) is 10.2. The van der Waals surface area contributed by atoms with E-state index in [1.54, 1.807) is 0 Å². The Morgan fingerprint density at radius 3 is 2.04 bits per heavy atom. The Hall–Kier alpha value is -2.94. The van der Waals surface area contributed by atoms with Crippen molar-refractivity contribution in [3.63, 3.8) is 0 Å². The van der Waals surface area contributed by atoms with Crippen molar-refractivity contribution in [3.8, 4) is 11.5 Å². The molecule has 10 heteroatoms. The van der Waals surface area contributed by atoms with Crippen LogP contribution in [0.1, 0.15) is 0 Å². The van der Waals surface area contributed by atoms with Crippen molar-refractivity contribution in [2.24, 2.45) is 0 Å². The van der Waals surface area contributed by atoms with E-state index in [9.17, 15) is 22.8 Å². The lowest BCUT2D eigenvalue weighted by atomic mass is 10.2. The van der Waals surface area contributed by atoms with Crippen LogP contribution in [-0.2, 0) is 9.59 Å². The third kappa shape index (κ3) is 3.99. The molecule has 0 saturated heterocycles. The standard InChI is InChI=1S/C16H12ClF3N2O4/c1-25-11-6-10(12(26-2)5-7(11)17)22-16(24)15(23)21-9-4-3-8(18)13(19)14(9)20/h3-6H,1-2H3,(H,21,23)(H,22,24). The molecular formula is C16H12ClF3N2O4. The predicted molar refractivity (Wildman–Crippen MR) is 88.1 cm³/mol. The van der Waals surface area contributed by atoms with Gasteiger partial charge in [-0.1, -0.05) is 11.6 Å². The molecule has 2 aromatic rings. The van der Waals surface area contributed by atoms with Gasteiger partial charge in [-0.15, -0.1) is 0 Å². The predicted octanol–water partition coefficient (Wildman–Crippen LogP) is 3.35. The van der Waals surface area contributed by atoms with Crippen molar-refractivity contribution >= 4 is 34.8 Å². The maximum atomic E-state index is 13.6. The minimum Gasteiger partial charge on any atom is -0.495 e. The lowest BCUT2D eigenvalue weighted by molar-refractivity contribution is -0.133. The second-order valence-electron chi connectivity index (χ2n) is 4.82. The van der Waals surface area contributed by atoms with Crippen LogP contribution in [0.4, 0.5) is 24.5 Å². The van der Waals surface area contributed by atoms with E-state index in [0.717, 1.165) is 6.07 Å². The summed E-state index contributed by atoms with van der Waals surface area (Å²) in [7, 11) is 2.66. The summed E-state index contributed by atoms with van der Waals surface area (Å²) in [5, 5.41) is 4.27. The number of nitrogens with one attached hydrogen (secondary N) is 2. The summed E-state index contributed by atoms with van der Waals surface area (Å²) in [5.41, 5.74) is -0.635. The van der Waals surface area contributed by atoms with E-state index in [1.165, 1.54) is 26.4 Å². The molecule has 26 heavy (non-hydrogen) atoms. The average Bonchev–Trinajstić information content (AvgIpc) is 2.62. The molecule has 0 aliphatic heterocycles. The maximum Gasteiger partial charge on any atom is 0.314 e. The van der Waals surface area contributed by atoms with Crippen LogP contribution < -0.4 is 20.1 Å². The summed E-state index contributed by atoms with van der Waals surface area (Å²) >= 11 is 5.93. The zero-order chi connectivity index (χ0) is 19.4. The van der Waals surface area contributed by atoms with Gasteiger partial charge in [0.05, 0.1) is 30.6 Å². The molecule has 2 aromatic carbocycles. The molecule has 138 valence electrons. The fourth-order valence-corrected chi connectivity index (χ4v) is 2.17. The fraction of sp³-hybridized carbons (Fsp3) is 0.125. The van der Waals surface area contributed by atoms with E-state index in [-0.39, 0.29) is 22.2 Å². The summed E-state index contributed by atoms with van der Waals surface area (Å²) < 4.78 is 49.6. The fourth-order valence-electron chi connectivity index (χ4n) is 1.94. The van der Waals surface area contributed by atoms with Gasteiger partial charge in [0.15, 0.2) is 17.5 Å². The number of ether oxygens (including phenoxy) is 2. The third-order valence-corrected chi connectivity index (χ3v) is 3.51. The monoisotopic (exact) mass is 388 g/mol. The second kappa shape index (κ2) is 7.96. The van der Waals surface area contributed by atoms with Gasteiger partial charge in [-0.25, -0.2) is 13.2 Å². The lowest BCUT2D eigenvalue weighted by Crippen LogP contribution is -2.29. The molecule has 2 rings (SSSR count). The molecule has 6 nitrogen and oxygen atoms in total. The molecule has 0 radical (unpaired) electrons. The highest BCUT2D eigenvalue weighted by molar-refractivity contribution is 6.44. The van der Waals surface area contributed by atoms with Gasteiger partial charge >= 0.3 is 11.8 Å². The Kier molecular flexibility index (Phi) is 5.93. The van der Waals surface area contributed by atoms with Crippen molar-refractivity contribution in [3.05, 3.63) is 46.7 Å². The number of methoxy groups -OCH3 is 2. The van der Waals surface area contributed by atoms with Gasteiger partial charge in [-0.3, -0.25) is 9.59 Å². The Morgan fingerprint density at radius 1 is 0.885 bits per heavy atom. The molecule has 0 aliphatic carbocycles. The Labute approximate surface area is 150 Å². The van der Waals surface area contributed by atoms with Crippen molar-refractivity contribution in [2.75, 3.05) is 24.9 Å². The zero-order valence-corrected chi connectivity index (χ0v) is 14.2. The van der Waals surface area contributed by atoms with Gasteiger partial charge in [-0.05, 0) is 12.1 Å². The summed E-state index contributed by atoms with van der Waals surface area (Å²) in [6, 6.07) is 4.05. The molecule has 0 spiro atoms. The number of anilines is 2. The SMILES string of the molecule is COc1cc(NC(=O)C(=O)Nc2ccc(F)c(F)c2F)c(OC)cc1Cl. The summed E-state index contributed by atoms with van der Waals surface area (Å²) in [6.45, 7) is 0. The number of carbonyl (C=O) groups excluding carboxylic acids is 2. The molecule has 0 atom stereocenters. The van der Waals surface area contributed by atoms with E-state index in [2.05, 4.69) is 5.32 Å². The molecule has 0 saturated carbocycles. The van der Waals surface area contributed by atoms with Gasteiger partial charge in [0.2, 0.25) is 0 Å². The van der Waals surface area contributed by atoms with E-state index in [4.69, 9.17) is 21.1 Å². The molecule has 2 N–H and O–H groups in total. The highest BCUT2D eigenvalue weighted by atomic mass is 35.5. The second-order valence-corrected chi connectivity index (χ2v) is 5.23. The van der Waals surface area contributed by atoms with Crippen LogP contribution in [0.2, 0.25) is 5.02 Å². The third-order valence-electron chi connectivity index (χ3n) is 3.21. The first-order valence-corrected chi connectivity index (χ1v) is 7.33. The molecule has 0 fully saturated rings. The van der Waals surface area contributed by atoms with Crippen molar-refractivity contribution in [1.29, 1.82) is 0 Å². The van der Waals surface area contributed by atoms with E-state index >= 15 is 0 Å². The average molecular weight is 389 g/mol. The number of hydrogen-bond donors (Lipinski definition) is 2. The van der Waals surface area contributed by atoms with Crippen LogP contribution in [0.15, 0.2) is 24.3 Å². The number of halogens is 4. The van der Waals surface area contributed by atoms with Crippen molar-refractivity contribution in [1.82, 2.24) is 0 Å². The minimum absolute atomic E-state index is 0.0552. The maximum absolute atomic E-state index is 13.6. The number of amides is 2. The summed E-state index contributed by atoms with van der Waals surface area (Å²) in [6.07, 6.45) is 0. The van der Waals surface area contributed by atoms with Crippen LogP contribution in [0.3, 0.4) is 0 Å². The molecule has 0 aliphatic rings. The number of hydrogen-bond acceptors (Lipinski definition) is 4. The zero-order valence-electron chi connectivity index (χ0n) is 13.5. The summed E-state index contributed by atoms with van der Waals surface area (Å²) in [5.74, 6) is -7.01. The Balaban J connectivity index is 2.20. The number of rotatable bonds is 4. The molecule has 0 bridgehead atoms. The van der Waals surface area contributed by atoms with Crippen molar-refractivity contribution < 1.29 is 32.2 Å². The van der Waals surface area contributed by atoms with Crippen molar-refractivity contribution in [2.45, 2.75) is 0 Å². The first-order chi connectivity index (χ1) is 12.3. The van der Waals surface area contributed by atoms with Gasteiger partial charge in [0.25, 0.3) is 0 Å². The highest BCUT2D eigenvalue weighted by Crippen LogP contribution is 2.35. The minimum atomic E-state index is -1.77. The van der Waals surface area contributed by atoms with Gasteiger partial charge in [0.1, 0.15) is 11.5 Å². The summed E-state index contributed by atoms with van der Waals surface area (Å²) in [4.78, 5) is 23.9. The number of carbonyl (C=O) groups is 2. The largest absolute Gasteiger partial charge is 0.495 e. The van der Waals surface area contributed by atoms with Gasteiger partial charge in [0, 0.05) is 12.1 Å². The topological polar surface area (TPSA) is 76.7 Å². The van der Waals surface area contributed by atoms with Crippen LogP contribution in [-0.4, -0.2) is 26.0 Å². The quantitative estimate of drug-likeness (QED) is 0.622. The molecule has 0 heterocycles. The lowest BCUT2D eigenvalue weighted by Gasteiger charge is -2.13. The first kappa shape index (κ1) is 19.4. The highest BCUT2D eigenvalue weighted by Gasteiger charge is 2.21. The number of benzene rings is 2. The van der Waals surface area contributed by atoms with Gasteiger partial charge < -0.3 is 20.1 Å².